The number of hydrogen-bond acceptors (Lipinski definition) is 0. The standard InChI is InChI=1S/C16H32/c1-4-5-11-14(2)15(3)16-12-9-7-6-8-10-13-16/h14-16H,4-13H2,1-3H3. The molecule has 0 spiro atoms. The lowest BCUT2D eigenvalue weighted by molar-refractivity contribution is 0.206. The fourth-order valence-corrected chi connectivity index (χ4v) is 3.27. The normalized spacial score (nSPS) is 23.4. The van der Waals surface area contributed by atoms with Crippen molar-refractivity contribution < 1.29 is 0 Å². The van der Waals surface area contributed by atoms with E-state index in [-0.39, 0.29) is 0 Å². The van der Waals surface area contributed by atoms with Crippen LogP contribution in [0.15, 0.2) is 0 Å². The molecule has 0 radical (unpaired) electrons. The first kappa shape index (κ1) is 14.1. The largest absolute Gasteiger partial charge is 0.0654 e. The third-order valence-corrected chi connectivity index (χ3v) is 4.80. The summed E-state index contributed by atoms with van der Waals surface area (Å²) in [4.78, 5) is 0. The number of unbranched alkanes of at least 4 members (excludes halogenated alkanes) is 1. The lowest BCUT2D eigenvalue weighted by Gasteiger charge is -2.30. The van der Waals surface area contributed by atoms with Crippen LogP contribution in [0.1, 0.15) is 85.0 Å². The van der Waals surface area contributed by atoms with Crippen LogP contribution in [0.5, 0.6) is 0 Å². The fraction of sp³-hybridized carbons (Fsp3) is 1.00. The summed E-state index contributed by atoms with van der Waals surface area (Å²) in [6.45, 7) is 7.32. The summed E-state index contributed by atoms with van der Waals surface area (Å²) in [6.07, 6.45) is 14.7. The second-order valence-electron chi connectivity index (χ2n) is 6.08. The van der Waals surface area contributed by atoms with E-state index in [1.807, 2.05) is 0 Å². The van der Waals surface area contributed by atoms with Crippen LogP contribution in [0.3, 0.4) is 0 Å². The van der Waals surface area contributed by atoms with Gasteiger partial charge in [-0.05, 0) is 17.8 Å². The van der Waals surface area contributed by atoms with Gasteiger partial charge in [0.15, 0.2) is 0 Å². The van der Waals surface area contributed by atoms with Gasteiger partial charge >= 0.3 is 0 Å². The molecule has 0 bridgehead atoms. The number of hydrogen-bond donors (Lipinski definition) is 0. The van der Waals surface area contributed by atoms with E-state index in [4.69, 9.17) is 0 Å². The molecule has 96 valence electrons. The Morgan fingerprint density at radius 3 is 2.06 bits per heavy atom. The van der Waals surface area contributed by atoms with Gasteiger partial charge in [-0.1, -0.05) is 85.0 Å². The van der Waals surface area contributed by atoms with Crippen LogP contribution in [-0.4, -0.2) is 0 Å². The van der Waals surface area contributed by atoms with Crippen molar-refractivity contribution in [1.82, 2.24) is 0 Å². The van der Waals surface area contributed by atoms with E-state index in [1.54, 1.807) is 0 Å². The van der Waals surface area contributed by atoms with Crippen molar-refractivity contribution in [3.63, 3.8) is 0 Å². The lowest BCUT2D eigenvalue weighted by Crippen LogP contribution is -2.20. The van der Waals surface area contributed by atoms with Crippen LogP contribution in [0.25, 0.3) is 0 Å². The molecule has 0 heteroatoms. The molecule has 16 heavy (non-hydrogen) atoms. The third-order valence-electron chi connectivity index (χ3n) is 4.80. The molecule has 0 aromatic rings. The van der Waals surface area contributed by atoms with E-state index in [9.17, 15) is 0 Å². The lowest BCUT2D eigenvalue weighted by atomic mass is 9.76. The highest BCUT2D eigenvalue weighted by molar-refractivity contribution is 4.73. The molecule has 1 saturated carbocycles. The molecule has 0 saturated heterocycles. The Hall–Kier alpha value is 0. The van der Waals surface area contributed by atoms with Gasteiger partial charge in [0, 0.05) is 0 Å². The summed E-state index contributed by atoms with van der Waals surface area (Å²) >= 11 is 0. The number of rotatable bonds is 5. The highest BCUT2D eigenvalue weighted by atomic mass is 14.3. The van der Waals surface area contributed by atoms with Crippen molar-refractivity contribution in [3.05, 3.63) is 0 Å². The van der Waals surface area contributed by atoms with Gasteiger partial charge in [0.05, 0.1) is 0 Å². The van der Waals surface area contributed by atoms with Crippen molar-refractivity contribution in [1.29, 1.82) is 0 Å². The van der Waals surface area contributed by atoms with Gasteiger partial charge in [-0.3, -0.25) is 0 Å². The highest BCUT2D eigenvalue weighted by Crippen LogP contribution is 2.33. The molecular weight excluding hydrogens is 192 g/mol. The Bertz CT molecular complexity index is 153. The van der Waals surface area contributed by atoms with Gasteiger partial charge in [0.25, 0.3) is 0 Å². The Labute approximate surface area is 103 Å². The zero-order valence-electron chi connectivity index (χ0n) is 11.8. The van der Waals surface area contributed by atoms with Crippen molar-refractivity contribution >= 4 is 0 Å². The van der Waals surface area contributed by atoms with Crippen molar-refractivity contribution in [2.24, 2.45) is 17.8 Å². The van der Waals surface area contributed by atoms with Crippen molar-refractivity contribution in [2.45, 2.75) is 85.0 Å². The van der Waals surface area contributed by atoms with E-state index >= 15 is 0 Å². The van der Waals surface area contributed by atoms with Gasteiger partial charge in [-0.15, -0.1) is 0 Å². The molecule has 1 aliphatic carbocycles. The van der Waals surface area contributed by atoms with Crippen LogP contribution in [0.2, 0.25) is 0 Å². The van der Waals surface area contributed by atoms with Gasteiger partial charge in [0.2, 0.25) is 0 Å². The fourth-order valence-electron chi connectivity index (χ4n) is 3.27. The van der Waals surface area contributed by atoms with E-state index in [1.165, 1.54) is 64.2 Å². The summed E-state index contributed by atoms with van der Waals surface area (Å²) in [6, 6.07) is 0. The molecular formula is C16H32. The van der Waals surface area contributed by atoms with Crippen molar-refractivity contribution in [2.75, 3.05) is 0 Å². The average molecular weight is 224 g/mol. The molecule has 0 nitrogen and oxygen atoms in total. The molecule has 0 amide bonds. The molecule has 0 aromatic heterocycles. The predicted octanol–water partition coefficient (Wildman–Crippen LogP) is 5.81. The van der Waals surface area contributed by atoms with Gasteiger partial charge in [0.1, 0.15) is 0 Å². The van der Waals surface area contributed by atoms with E-state index in [0.717, 1.165) is 17.8 Å². The van der Waals surface area contributed by atoms with E-state index in [2.05, 4.69) is 20.8 Å². The van der Waals surface area contributed by atoms with Crippen LogP contribution in [0.4, 0.5) is 0 Å². The second kappa shape index (κ2) is 8.14. The zero-order chi connectivity index (χ0) is 11.8. The summed E-state index contributed by atoms with van der Waals surface area (Å²) < 4.78 is 0. The minimum atomic E-state index is 0.948. The molecule has 0 N–H and O–H groups in total. The molecule has 0 aromatic carbocycles. The third kappa shape index (κ3) is 4.89. The Balaban J connectivity index is 2.33. The summed E-state index contributed by atoms with van der Waals surface area (Å²) in [7, 11) is 0. The maximum absolute atomic E-state index is 2.52. The van der Waals surface area contributed by atoms with Gasteiger partial charge < -0.3 is 0 Å². The van der Waals surface area contributed by atoms with Crippen molar-refractivity contribution in [3.8, 4) is 0 Å². The first-order valence-corrected chi connectivity index (χ1v) is 7.75. The quantitative estimate of drug-likeness (QED) is 0.553. The molecule has 1 aliphatic rings. The highest BCUT2D eigenvalue weighted by Gasteiger charge is 2.22. The molecule has 1 fully saturated rings. The van der Waals surface area contributed by atoms with Gasteiger partial charge in [-0.2, -0.15) is 0 Å². The SMILES string of the molecule is CCCCC(C)C(C)C1CCCCCCC1. The molecule has 1 rings (SSSR count). The van der Waals surface area contributed by atoms with Gasteiger partial charge in [-0.25, -0.2) is 0 Å². The molecule has 0 heterocycles. The van der Waals surface area contributed by atoms with Crippen LogP contribution >= 0.6 is 0 Å². The first-order valence-electron chi connectivity index (χ1n) is 7.75. The second-order valence-corrected chi connectivity index (χ2v) is 6.08. The van der Waals surface area contributed by atoms with E-state index in [0.29, 0.717) is 0 Å². The van der Waals surface area contributed by atoms with Crippen LogP contribution in [0, 0.1) is 17.8 Å². The first-order chi connectivity index (χ1) is 7.75. The molecule has 0 aliphatic heterocycles. The van der Waals surface area contributed by atoms with Crippen LogP contribution < -0.4 is 0 Å². The van der Waals surface area contributed by atoms with Crippen LogP contribution in [-0.2, 0) is 0 Å². The summed E-state index contributed by atoms with van der Waals surface area (Å²) in [5, 5.41) is 0. The summed E-state index contributed by atoms with van der Waals surface area (Å²) in [5.74, 6) is 2.95. The average Bonchev–Trinajstić information content (AvgIpc) is 2.24. The minimum Gasteiger partial charge on any atom is -0.0654 e. The smallest absolute Gasteiger partial charge is 0.0386 e. The Kier molecular flexibility index (Phi) is 7.16. The maximum atomic E-state index is 2.52. The molecule has 2 unspecified atom stereocenters. The molecule has 2 atom stereocenters. The minimum absolute atomic E-state index is 0.948. The predicted molar refractivity (Wildman–Crippen MR) is 73.7 cm³/mol. The Morgan fingerprint density at radius 2 is 1.50 bits per heavy atom. The summed E-state index contributed by atoms with van der Waals surface area (Å²) in [5.41, 5.74) is 0. The maximum Gasteiger partial charge on any atom is -0.0386 e. The van der Waals surface area contributed by atoms with E-state index < -0.39 is 0 Å². The topological polar surface area (TPSA) is 0 Å². The Morgan fingerprint density at radius 1 is 0.938 bits per heavy atom. The monoisotopic (exact) mass is 224 g/mol. The zero-order valence-corrected chi connectivity index (χ0v) is 11.8.